The normalized spacial score (nSPS) is 10.0. The summed E-state index contributed by atoms with van der Waals surface area (Å²) in [6, 6.07) is 9.05. The van der Waals surface area contributed by atoms with Crippen molar-refractivity contribution in [2.45, 2.75) is 0 Å². The molecule has 0 N–H and O–H groups in total. The molecule has 0 saturated carbocycles. The highest BCUT2D eigenvalue weighted by atomic mass is 16.7. The number of methoxy groups -OCH3 is 1. The molecule has 0 amide bonds. The summed E-state index contributed by atoms with van der Waals surface area (Å²) >= 11 is 0. The Labute approximate surface area is 122 Å². The van der Waals surface area contributed by atoms with Crippen molar-refractivity contribution in [2.24, 2.45) is 0 Å². The lowest BCUT2D eigenvalue weighted by atomic mass is 10.3. The van der Waals surface area contributed by atoms with Crippen molar-refractivity contribution in [1.82, 2.24) is 9.97 Å². The molecular weight excluding hydrogens is 274 g/mol. The van der Waals surface area contributed by atoms with Crippen LogP contribution >= 0.6 is 0 Å². The number of nitrogens with zero attached hydrogens (tertiary/aromatic N) is 3. The van der Waals surface area contributed by atoms with E-state index < -0.39 is 5.97 Å². The molecule has 7 heteroatoms. The van der Waals surface area contributed by atoms with E-state index in [-0.39, 0.29) is 11.6 Å². The average molecular weight is 289 g/mol. The predicted molar refractivity (Wildman–Crippen MR) is 75.3 cm³/mol. The lowest BCUT2D eigenvalue weighted by molar-refractivity contribution is 0.0592. The summed E-state index contributed by atoms with van der Waals surface area (Å²) in [5.41, 5.74) is 0.0525. The van der Waals surface area contributed by atoms with E-state index >= 15 is 0 Å². The van der Waals surface area contributed by atoms with Crippen LogP contribution in [-0.2, 0) is 9.57 Å². The highest BCUT2D eigenvalue weighted by Gasteiger charge is 2.18. The van der Waals surface area contributed by atoms with Gasteiger partial charge in [-0.15, -0.1) is 0 Å². The molecule has 0 bridgehead atoms. The highest BCUT2D eigenvalue weighted by molar-refractivity contribution is 5.87. The molecule has 1 aromatic heterocycles. The number of para-hydroxylation sites is 1. The largest absolute Gasteiger partial charge is 0.464 e. The number of hydroxylamine groups is 1. The minimum atomic E-state index is -0.591. The third-order valence-corrected chi connectivity index (χ3v) is 2.65. The van der Waals surface area contributed by atoms with E-state index in [1.54, 1.807) is 19.2 Å². The number of hydrogen-bond acceptors (Lipinski definition) is 7. The van der Waals surface area contributed by atoms with Gasteiger partial charge in [0.05, 0.1) is 20.4 Å². The number of carbonyl (C=O) groups is 1. The summed E-state index contributed by atoms with van der Waals surface area (Å²) in [5, 5.41) is 1.38. The van der Waals surface area contributed by atoms with Crippen molar-refractivity contribution >= 4 is 11.8 Å². The Balaban J connectivity index is 2.40. The van der Waals surface area contributed by atoms with Crippen molar-refractivity contribution in [3.63, 3.8) is 0 Å². The molecule has 2 aromatic rings. The fourth-order valence-corrected chi connectivity index (χ4v) is 1.54. The highest BCUT2D eigenvalue weighted by Crippen LogP contribution is 2.28. The zero-order chi connectivity index (χ0) is 15.2. The van der Waals surface area contributed by atoms with E-state index in [1.807, 2.05) is 18.2 Å². The standard InChI is InChI=1S/C14H15N3O4/c1-17(20-3)12-13(21-10-7-5-4-6-8-10)16-11(9-15-12)14(18)19-2/h4-9H,1-3H3. The summed E-state index contributed by atoms with van der Waals surface area (Å²) in [4.78, 5) is 24.9. The maximum Gasteiger partial charge on any atom is 0.358 e. The van der Waals surface area contributed by atoms with Crippen LogP contribution in [-0.4, -0.2) is 37.2 Å². The van der Waals surface area contributed by atoms with Crippen LogP contribution in [0.4, 0.5) is 5.82 Å². The summed E-state index contributed by atoms with van der Waals surface area (Å²) in [5.74, 6) is 0.467. The predicted octanol–water partition coefficient (Wildman–Crippen LogP) is 2.05. The fourth-order valence-electron chi connectivity index (χ4n) is 1.54. The van der Waals surface area contributed by atoms with Crippen molar-refractivity contribution < 1.29 is 19.1 Å². The van der Waals surface area contributed by atoms with E-state index in [1.165, 1.54) is 25.5 Å². The van der Waals surface area contributed by atoms with Crippen LogP contribution in [0.2, 0.25) is 0 Å². The van der Waals surface area contributed by atoms with Gasteiger partial charge in [-0.25, -0.2) is 19.8 Å². The molecule has 0 aliphatic heterocycles. The van der Waals surface area contributed by atoms with Crippen molar-refractivity contribution in [1.29, 1.82) is 0 Å². The smallest absolute Gasteiger partial charge is 0.358 e. The quantitative estimate of drug-likeness (QED) is 0.616. The first-order valence-electron chi connectivity index (χ1n) is 6.11. The molecule has 1 heterocycles. The van der Waals surface area contributed by atoms with Crippen molar-refractivity contribution in [2.75, 3.05) is 26.3 Å². The second-order valence-corrected chi connectivity index (χ2v) is 3.97. The van der Waals surface area contributed by atoms with E-state index in [4.69, 9.17) is 9.57 Å². The van der Waals surface area contributed by atoms with E-state index in [0.29, 0.717) is 11.6 Å². The van der Waals surface area contributed by atoms with Crippen LogP contribution in [0.5, 0.6) is 11.6 Å². The SMILES string of the molecule is COC(=O)c1cnc(N(C)OC)c(Oc2ccccc2)n1. The Bertz CT molecular complexity index is 619. The van der Waals surface area contributed by atoms with Gasteiger partial charge in [-0.05, 0) is 12.1 Å². The summed E-state index contributed by atoms with van der Waals surface area (Å²) < 4.78 is 10.3. The topological polar surface area (TPSA) is 73.8 Å². The van der Waals surface area contributed by atoms with E-state index in [2.05, 4.69) is 14.7 Å². The summed E-state index contributed by atoms with van der Waals surface area (Å²) in [7, 11) is 4.42. The second kappa shape index (κ2) is 6.67. The van der Waals surface area contributed by atoms with Gasteiger partial charge in [-0.2, -0.15) is 0 Å². The molecule has 0 unspecified atom stereocenters. The zero-order valence-electron chi connectivity index (χ0n) is 11.9. The number of hydrogen-bond donors (Lipinski definition) is 0. The van der Waals surface area contributed by atoms with Gasteiger partial charge >= 0.3 is 5.97 Å². The van der Waals surface area contributed by atoms with Gasteiger partial charge in [0.2, 0.25) is 5.82 Å². The molecule has 1 aromatic carbocycles. The van der Waals surface area contributed by atoms with Crippen LogP contribution in [0.25, 0.3) is 0 Å². The first kappa shape index (κ1) is 14.7. The molecule has 0 aliphatic rings. The fraction of sp³-hybridized carbons (Fsp3) is 0.214. The zero-order valence-corrected chi connectivity index (χ0v) is 11.9. The van der Waals surface area contributed by atoms with Crippen LogP contribution in [0.15, 0.2) is 36.5 Å². The molecule has 0 fully saturated rings. The first-order chi connectivity index (χ1) is 10.2. The molecule has 0 saturated heterocycles. The minimum Gasteiger partial charge on any atom is -0.464 e. The third kappa shape index (κ3) is 3.46. The first-order valence-corrected chi connectivity index (χ1v) is 6.11. The number of benzene rings is 1. The van der Waals surface area contributed by atoms with Crippen LogP contribution in [0.1, 0.15) is 10.5 Å². The average Bonchev–Trinajstić information content (AvgIpc) is 2.54. The minimum absolute atomic E-state index is 0.0525. The molecule has 0 aliphatic carbocycles. The summed E-state index contributed by atoms with van der Waals surface area (Å²) in [6.07, 6.45) is 1.30. The Morgan fingerprint density at radius 3 is 2.52 bits per heavy atom. The van der Waals surface area contributed by atoms with Gasteiger partial charge in [0, 0.05) is 7.05 Å². The van der Waals surface area contributed by atoms with Crippen LogP contribution < -0.4 is 9.80 Å². The molecule has 21 heavy (non-hydrogen) atoms. The molecule has 0 atom stereocenters. The maximum absolute atomic E-state index is 11.5. The van der Waals surface area contributed by atoms with E-state index in [0.717, 1.165) is 0 Å². The van der Waals surface area contributed by atoms with Gasteiger partial charge in [0.1, 0.15) is 5.75 Å². The lowest BCUT2D eigenvalue weighted by Crippen LogP contribution is -2.18. The number of carbonyl (C=O) groups excluding carboxylic acids is 1. The number of rotatable bonds is 5. The lowest BCUT2D eigenvalue weighted by Gasteiger charge is -2.17. The van der Waals surface area contributed by atoms with Gasteiger partial charge in [0.25, 0.3) is 5.88 Å². The molecular formula is C14H15N3O4. The van der Waals surface area contributed by atoms with Gasteiger partial charge in [-0.3, -0.25) is 4.84 Å². The Hall–Kier alpha value is -2.67. The Morgan fingerprint density at radius 2 is 1.90 bits per heavy atom. The molecule has 7 nitrogen and oxygen atoms in total. The van der Waals surface area contributed by atoms with Crippen molar-refractivity contribution in [3.05, 3.63) is 42.2 Å². The third-order valence-electron chi connectivity index (χ3n) is 2.65. The van der Waals surface area contributed by atoms with Crippen molar-refractivity contribution in [3.8, 4) is 11.6 Å². The molecule has 0 spiro atoms. The monoisotopic (exact) mass is 289 g/mol. The number of ether oxygens (including phenoxy) is 2. The molecule has 110 valence electrons. The number of esters is 1. The van der Waals surface area contributed by atoms with E-state index in [9.17, 15) is 4.79 Å². The van der Waals surface area contributed by atoms with Gasteiger partial charge in [0.15, 0.2) is 5.69 Å². The summed E-state index contributed by atoms with van der Waals surface area (Å²) in [6.45, 7) is 0. The number of anilines is 1. The second-order valence-electron chi connectivity index (χ2n) is 3.97. The Morgan fingerprint density at radius 1 is 1.19 bits per heavy atom. The van der Waals surface area contributed by atoms with Crippen LogP contribution in [0.3, 0.4) is 0 Å². The molecule has 2 rings (SSSR count). The van der Waals surface area contributed by atoms with Gasteiger partial charge < -0.3 is 9.47 Å². The van der Waals surface area contributed by atoms with Crippen LogP contribution in [0, 0.1) is 0 Å². The maximum atomic E-state index is 11.5. The molecule has 0 radical (unpaired) electrons. The van der Waals surface area contributed by atoms with Gasteiger partial charge in [-0.1, -0.05) is 18.2 Å². The Kier molecular flexibility index (Phi) is 4.68. The number of aromatic nitrogens is 2.